The quantitative estimate of drug-likeness (QED) is 0.283. The van der Waals surface area contributed by atoms with Gasteiger partial charge in [-0.15, -0.1) is 0 Å². The monoisotopic (exact) mass is 480 g/mol. The smallest absolute Gasteiger partial charge is 0.256 e. The molecule has 7 heteroatoms. The van der Waals surface area contributed by atoms with Crippen LogP contribution in [0.4, 0.5) is 5.69 Å². The molecule has 5 aromatic rings. The SMILES string of the molecule is Cc1ccc(-c2nc3cc(Cl)cc(Cl)c3o2)cc1NC(=O)c1cccc2c(Cl)cccc12. The molecule has 0 saturated heterocycles. The predicted molar refractivity (Wildman–Crippen MR) is 131 cm³/mol. The lowest BCUT2D eigenvalue weighted by molar-refractivity contribution is 0.102. The van der Waals surface area contributed by atoms with Gasteiger partial charge in [0.15, 0.2) is 5.58 Å². The van der Waals surface area contributed by atoms with Gasteiger partial charge in [0.2, 0.25) is 5.89 Å². The summed E-state index contributed by atoms with van der Waals surface area (Å²) in [6.07, 6.45) is 0. The van der Waals surface area contributed by atoms with Crippen LogP contribution in [0.25, 0.3) is 33.3 Å². The number of hydrogen-bond acceptors (Lipinski definition) is 3. The van der Waals surface area contributed by atoms with E-state index in [1.165, 1.54) is 0 Å². The van der Waals surface area contributed by atoms with Gasteiger partial charge in [-0.2, -0.15) is 0 Å². The Bertz CT molecular complexity index is 1530. The van der Waals surface area contributed by atoms with E-state index in [-0.39, 0.29) is 5.91 Å². The Morgan fingerprint density at radius 3 is 2.53 bits per heavy atom. The van der Waals surface area contributed by atoms with Gasteiger partial charge in [-0.1, -0.05) is 65.1 Å². The maximum atomic E-state index is 13.1. The molecule has 0 radical (unpaired) electrons. The first-order valence-electron chi connectivity index (χ1n) is 9.76. The fourth-order valence-corrected chi connectivity index (χ4v) is 4.39. The van der Waals surface area contributed by atoms with Crippen LogP contribution < -0.4 is 5.32 Å². The number of fused-ring (bicyclic) bond motifs is 2. The summed E-state index contributed by atoms with van der Waals surface area (Å²) in [5, 5.41) is 6.09. The number of carbonyl (C=O) groups excluding carboxylic acids is 1. The van der Waals surface area contributed by atoms with E-state index in [0.717, 1.165) is 16.3 Å². The normalized spacial score (nSPS) is 11.2. The number of anilines is 1. The highest BCUT2D eigenvalue weighted by Crippen LogP contribution is 2.33. The first-order valence-corrected chi connectivity index (χ1v) is 10.9. The fourth-order valence-electron chi connectivity index (χ4n) is 3.63. The van der Waals surface area contributed by atoms with Gasteiger partial charge < -0.3 is 9.73 Å². The molecule has 0 spiro atoms. The van der Waals surface area contributed by atoms with E-state index in [1.54, 1.807) is 24.3 Å². The Morgan fingerprint density at radius 1 is 0.906 bits per heavy atom. The van der Waals surface area contributed by atoms with E-state index in [1.807, 2.05) is 49.4 Å². The first-order chi connectivity index (χ1) is 15.4. The third kappa shape index (κ3) is 3.71. The summed E-state index contributed by atoms with van der Waals surface area (Å²) >= 11 is 18.6. The molecule has 1 heterocycles. The molecule has 4 aromatic carbocycles. The lowest BCUT2D eigenvalue weighted by atomic mass is 10.0. The fraction of sp³-hybridized carbons (Fsp3) is 0.0400. The molecule has 5 rings (SSSR count). The second-order valence-electron chi connectivity index (χ2n) is 7.38. The molecule has 0 aliphatic rings. The molecule has 32 heavy (non-hydrogen) atoms. The Hall–Kier alpha value is -3.05. The molecule has 0 unspecified atom stereocenters. The number of rotatable bonds is 3. The molecule has 0 atom stereocenters. The molecule has 158 valence electrons. The van der Waals surface area contributed by atoms with Crippen LogP contribution in [0.5, 0.6) is 0 Å². The molecule has 1 N–H and O–H groups in total. The standard InChI is InChI=1S/C25H15Cl3N2O2/c1-13-8-9-14(25-30-22-12-15(26)11-20(28)23(22)32-25)10-21(13)29-24(31)18-6-2-5-17-16(18)4-3-7-19(17)27/h2-12H,1H3,(H,29,31). The van der Waals surface area contributed by atoms with Crippen LogP contribution in [0, 0.1) is 6.92 Å². The Labute approximate surface area is 198 Å². The maximum absolute atomic E-state index is 13.1. The van der Waals surface area contributed by atoms with E-state index >= 15 is 0 Å². The van der Waals surface area contributed by atoms with Crippen LogP contribution in [0.2, 0.25) is 15.1 Å². The van der Waals surface area contributed by atoms with Crippen molar-refractivity contribution < 1.29 is 9.21 Å². The van der Waals surface area contributed by atoms with Crippen LogP contribution >= 0.6 is 34.8 Å². The number of amides is 1. The number of nitrogens with zero attached hydrogens (tertiary/aromatic N) is 1. The van der Waals surface area contributed by atoms with Crippen LogP contribution in [0.3, 0.4) is 0 Å². The predicted octanol–water partition coefficient (Wildman–Crippen LogP) is 8.17. The Kier molecular flexibility index (Phi) is 5.30. The topological polar surface area (TPSA) is 55.1 Å². The second-order valence-corrected chi connectivity index (χ2v) is 8.63. The minimum absolute atomic E-state index is 0.231. The van der Waals surface area contributed by atoms with E-state index in [4.69, 9.17) is 39.2 Å². The lowest BCUT2D eigenvalue weighted by Crippen LogP contribution is -2.13. The van der Waals surface area contributed by atoms with Gasteiger partial charge in [-0.25, -0.2) is 4.98 Å². The van der Waals surface area contributed by atoms with Crippen LogP contribution in [0.1, 0.15) is 15.9 Å². The summed E-state index contributed by atoms with van der Waals surface area (Å²) in [5.74, 6) is 0.155. The summed E-state index contributed by atoms with van der Waals surface area (Å²) in [6.45, 7) is 1.92. The third-order valence-corrected chi connectivity index (χ3v) is 6.08. The third-order valence-electron chi connectivity index (χ3n) is 5.26. The zero-order valence-electron chi connectivity index (χ0n) is 16.7. The average molecular weight is 482 g/mol. The minimum atomic E-state index is -0.231. The molecule has 0 saturated carbocycles. The number of benzene rings is 4. The molecule has 4 nitrogen and oxygen atoms in total. The number of halogens is 3. The number of aromatic nitrogens is 1. The molecule has 0 bridgehead atoms. The number of carbonyl (C=O) groups is 1. The number of aryl methyl sites for hydroxylation is 1. The molecular weight excluding hydrogens is 467 g/mol. The Morgan fingerprint density at radius 2 is 1.69 bits per heavy atom. The van der Waals surface area contributed by atoms with Gasteiger partial charge >= 0.3 is 0 Å². The van der Waals surface area contributed by atoms with Gasteiger partial charge in [0.1, 0.15) is 5.52 Å². The average Bonchev–Trinajstić information content (AvgIpc) is 3.19. The highest BCUT2D eigenvalue weighted by Gasteiger charge is 2.16. The van der Waals surface area contributed by atoms with Gasteiger partial charge in [0.05, 0.1) is 5.02 Å². The summed E-state index contributed by atoms with van der Waals surface area (Å²) in [4.78, 5) is 17.6. The lowest BCUT2D eigenvalue weighted by Gasteiger charge is -2.12. The first kappa shape index (κ1) is 20.8. The molecule has 0 aliphatic carbocycles. The van der Waals surface area contributed by atoms with Crippen molar-refractivity contribution in [1.29, 1.82) is 0 Å². The summed E-state index contributed by atoms with van der Waals surface area (Å²) in [7, 11) is 0. The van der Waals surface area contributed by atoms with Gasteiger partial charge in [0, 0.05) is 32.2 Å². The highest BCUT2D eigenvalue weighted by molar-refractivity contribution is 6.38. The van der Waals surface area contributed by atoms with Crippen molar-refractivity contribution in [2.24, 2.45) is 0 Å². The highest BCUT2D eigenvalue weighted by atomic mass is 35.5. The van der Waals surface area contributed by atoms with Crippen molar-refractivity contribution >= 4 is 68.3 Å². The summed E-state index contributed by atoms with van der Waals surface area (Å²) in [6, 6.07) is 19.9. The van der Waals surface area contributed by atoms with Crippen molar-refractivity contribution in [2.75, 3.05) is 5.32 Å². The van der Waals surface area contributed by atoms with E-state index in [2.05, 4.69) is 10.3 Å². The maximum Gasteiger partial charge on any atom is 0.256 e. The van der Waals surface area contributed by atoms with Gasteiger partial charge in [0.25, 0.3) is 5.91 Å². The summed E-state index contributed by atoms with van der Waals surface area (Å²) < 4.78 is 5.87. The van der Waals surface area contributed by atoms with Crippen LogP contribution in [0.15, 0.2) is 71.1 Å². The van der Waals surface area contributed by atoms with Crippen molar-refractivity contribution in [3.8, 4) is 11.5 Å². The van der Waals surface area contributed by atoms with Gasteiger partial charge in [-0.05, 0) is 54.3 Å². The van der Waals surface area contributed by atoms with Crippen molar-refractivity contribution in [2.45, 2.75) is 6.92 Å². The minimum Gasteiger partial charge on any atom is -0.435 e. The zero-order chi connectivity index (χ0) is 22.4. The zero-order valence-corrected chi connectivity index (χ0v) is 19.0. The van der Waals surface area contributed by atoms with E-state index in [0.29, 0.717) is 48.9 Å². The summed E-state index contributed by atoms with van der Waals surface area (Å²) in [5.41, 5.74) is 3.82. The van der Waals surface area contributed by atoms with Crippen molar-refractivity contribution in [3.63, 3.8) is 0 Å². The molecule has 1 aromatic heterocycles. The van der Waals surface area contributed by atoms with Crippen LogP contribution in [-0.2, 0) is 0 Å². The largest absolute Gasteiger partial charge is 0.435 e. The Balaban J connectivity index is 1.52. The number of nitrogens with one attached hydrogen (secondary N) is 1. The van der Waals surface area contributed by atoms with Crippen molar-refractivity contribution in [1.82, 2.24) is 4.98 Å². The molecule has 0 aliphatic heterocycles. The number of hydrogen-bond donors (Lipinski definition) is 1. The van der Waals surface area contributed by atoms with Crippen LogP contribution in [-0.4, -0.2) is 10.9 Å². The molecule has 0 fully saturated rings. The molecule has 1 amide bonds. The van der Waals surface area contributed by atoms with E-state index < -0.39 is 0 Å². The van der Waals surface area contributed by atoms with E-state index in [9.17, 15) is 4.79 Å². The van der Waals surface area contributed by atoms with Gasteiger partial charge in [-0.3, -0.25) is 4.79 Å². The second kappa shape index (κ2) is 8.14. The number of oxazole rings is 1. The molecular formula is C25H15Cl3N2O2. The van der Waals surface area contributed by atoms with Crippen molar-refractivity contribution in [3.05, 3.63) is 92.9 Å².